The average Bonchev–Trinajstić information content (AvgIpc) is 3.16. The summed E-state index contributed by atoms with van der Waals surface area (Å²) in [6, 6.07) is 8.66. The highest BCUT2D eigenvalue weighted by Gasteiger charge is 2.15. The van der Waals surface area contributed by atoms with Crippen molar-refractivity contribution in [2.45, 2.75) is 56.4 Å². The molecule has 3 nitrogen and oxygen atoms in total. The molecule has 1 aliphatic carbocycles. The lowest BCUT2D eigenvalue weighted by Crippen LogP contribution is -1.97. The zero-order valence-electron chi connectivity index (χ0n) is 12.6. The minimum Gasteiger partial charge on any atom is -0.262 e. The van der Waals surface area contributed by atoms with Gasteiger partial charge in [-0.2, -0.15) is 0 Å². The van der Waals surface area contributed by atoms with Gasteiger partial charge in [0.05, 0.1) is 0 Å². The first kappa shape index (κ1) is 14.6. The molecule has 0 bridgehead atoms. The van der Waals surface area contributed by atoms with E-state index in [1.165, 1.54) is 43.2 Å². The van der Waals surface area contributed by atoms with Crippen LogP contribution in [0.5, 0.6) is 0 Å². The van der Waals surface area contributed by atoms with Gasteiger partial charge in [-0.05, 0) is 24.8 Å². The number of aromatic nitrogens is 3. The van der Waals surface area contributed by atoms with Crippen molar-refractivity contribution in [2.24, 2.45) is 5.92 Å². The van der Waals surface area contributed by atoms with Crippen LogP contribution in [-0.2, 0) is 12.2 Å². The van der Waals surface area contributed by atoms with Gasteiger partial charge in [-0.1, -0.05) is 67.3 Å². The summed E-state index contributed by atoms with van der Waals surface area (Å²) in [5.74, 6) is 2.90. The second-order valence-corrected chi connectivity index (χ2v) is 6.97. The maximum Gasteiger partial charge on any atom is 0.208 e. The van der Waals surface area contributed by atoms with Gasteiger partial charge in [0.1, 0.15) is 5.82 Å². The zero-order valence-corrected chi connectivity index (χ0v) is 13.5. The summed E-state index contributed by atoms with van der Waals surface area (Å²) in [5.41, 5.74) is 2.62. The number of benzene rings is 1. The summed E-state index contributed by atoms with van der Waals surface area (Å²) in [4.78, 5) is 4.60. The largest absolute Gasteiger partial charge is 0.262 e. The van der Waals surface area contributed by atoms with Crippen molar-refractivity contribution in [3.63, 3.8) is 0 Å². The van der Waals surface area contributed by atoms with Gasteiger partial charge in [0, 0.05) is 12.2 Å². The maximum atomic E-state index is 4.60. The lowest BCUT2D eigenvalue weighted by molar-refractivity contribution is 0.497. The van der Waals surface area contributed by atoms with Crippen LogP contribution >= 0.6 is 11.8 Å². The van der Waals surface area contributed by atoms with E-state index in [0.29, 0.717) is 0 Å². The van der Waals surface area contributed by atoms with Crippen LogP contribution in [-0.4, -0.2) is 15.2 Å². The molecule has 2 aromatic rings. The number of rotatable bonds is 6. The van der Waals surface area contributed by atoms with E-state index >= 15 is 0 Å². The molecule has 4 heteroatoms. The zero-order chi connectivity index (χ0) is 14.5. The van der Waals surface area contributed by atoms with E-state index in [1.54, 1.807) is 11.8 Å². The molecule has 0 radical (unpaired) electrons. The lowest BCUT2D eigenvalue weighted by atomic mass is 10.0. The third-order valence-corrected chi connectivity index (χ3v) is 5.18. The van der Waals surface area contributed by atoms with Crippen LogP contribution in [0.4, 0.5) is 0 Å². The molecule has 1 aliphatic rings. The Morgan fingerprint density at radius 1 is 1.19 bits per heavy atom. The summed E-state index contributed by atoms with van der Waals surface area (Å²) < 4.78 is 0. The van der Waals surface area contributed by atoms with Crippen molar-refractivity contribution in [2.75, 3.05) is 0 Å². The molecule has 1 heterocycles. The van der Waals surface area contributed by atoms with Crippen molar-refractivity contribution in [3.8, 4) is 0 Å². The number of hydrogen-bond donors (Lipinski definition) is 1. The first-order valence-electron chi connectivity index (χ1n) is 7.89. The smallest absolute Gasteiger partial charge is 0.208 e. The van der Waals surface area contributed by atoms with E-state index in [-0.39, 0.29) is 0 Å². The predicted molar refractivity (Wildman–Crippen MR) is 87.4 cm³/mol. The first-order chi connectivity index (χ1) is 10.3. The third kappa shape index (κ3) is 4.34. The summed E-state index contributed by atoms with van der Waals surface area (Å²) >= 11 is 1.70. The average molecular weight is 301 g/mol. The minimum atomic E-state index is 0.872. The Morgan fingerprint density at radius 2 is 1.95 bits per heavy atom. The summed E-state index contributed by atoms with van der Waals surface area (Å²) in [7, 11) is 0. The van der Waals surface area contributed by atoms with Crippen molar-refractivity contribution in [1.82, 2.24) is 15.2 Å². The van der Waals surface area contributed by atoms with Crippen molar-refractivity contribution >= 4 is 11.8 Å². The second-order valence-electron chi connectivity index (χ2n) is 6.03. The maximum absolute atomic E-state index is 4.60. The minimum absolute atomic E-state index is 0.872. The number of nitrogens with one attached hydrogen (secondary N) is 1. The summed E-state index contributed by atoms with van der Waals surface area (Å²) in [5, 5.41) is 8.29. The topological polar surface area (TPSA) is 41.6 Å². The Morgan fingerprint density at radius 3 is 2.71 bits per heavy atom. The number of H-pyrrole nitrogens is 1. The van der Waals surface area contributed by atoms with Gasteiger partial charge >= 0.3 is 0 Å². The van der Waals surface area contributed by atoms with Gasteiger partial charge < -0.3 is 0 Å². The van der Waals surface area contributed by atoms with Gasteiger partial charge in [-0.25, -0.2) is 4.98 Å². The molecular weight excluding hydrogens is 278 g/mol. The molecule has 1 saturated carbocycles. The molecule has 21 heavy (non-hydrogen) atoms. The number of aryl methyl sites for hydroxylation is 2. The lowest BCUT2D eigenvalue weighted by Gasteiger charge is -2.05. The van der Waals surface area contributed by atoms with Gasteiger partial charge in [0.2, 0.25) is 5.16 Å². The Labute approximate surface area is 131 Å². The molecule has 1 N–H and O–H groups in total. The third-order valence-electron chi connectivity index (χ3n) is 4.26. The molecule has 1 fully saturated rings. The Kier molecular flexibility index (Phi) is 4.96. The van der Waals surface area contributed by atoms with Crippen LogP contribution in [0, 0.1) is 12.8 Å². The van der Waals surface area contributed by atoms with E-state index in [0.717, 1.165) is 29.1 Å². The van der Waals surface area contributed by atoms with E-state index in [1.807, 2.05) is 0 Å². The number of hydrogen-bond acceptors (Lipinski definition) is 3. The molecule has 1 aromatic carbocycles. The molecule has 1 aromatic heterocycles. The molecule has 0 spiro atoms. The Bertz CT molecular complexity index is 556. The van der Waals surface area contributed by atoms with Crippen molar-refractivity contribution in [3.05, 3.63) is 41.2 Å². The molecule has 0 atom stereocenters. The van der Waals surface area contributed by atoms with Crippen LogP contribution in [0.1, 0.15) is 49.1 Å². The SMILES string of the molecule is Cc1ccc(CSc2n[nH]c(CCC3CCCC3)n2)cc1. The molecule has 3 rings (SSSR count). The highest BCUT2D eigenvalue weighted by molar-refractivity contribution is 7.98. The molecule has 112 valence electrons. The van der Waals surface area contributed by atoms with E-state index in [4.69, 9.17) is 0 Å². The van der Waals surface area contributed by atoms with E-state index in [9.17, 15) is 0 Å². The van der Waals surface area contributed by atoms with Crippen LogP contribution in [0.3, 0.4) is 0 Å². The molecule has 0 aliphatic heterocycles. The summed E-state index contributed by atoms with van der Waals surface area (Å²) in [6.07, 6.45) is 7.95. The fraction of sp³-hybridized carbons (Fsp3) is 0.529. The quantitative estimate of drug-likeness (QED) is 0.797. The van der Waals surface area contributed by atoms with Crippen LogP contribution in [0.2, 0.25) is 0 Å². The highest BCUT2D eigenvalue weighted by Crippen LogP contribution is 2.28. The van der Waals surface area contributed by atoms with Crippen molar-refractivity contribution in [1.29, 1.82) is 0 Å². The summed E-state index contributed by atoms with van der Waals surface area (Å²) in [6.45, 7) is 2.11. The van der Waals surface area contributed by atoms with Crippen LogP contribution in [0.25, 0.3) is 0 Å². The van der Waals surface area contributed by atoms with Crippen molar-refractivity contribution < 1.29 is 0 Å². The standard InChI is InChI=1S/C17H23N3S/c1-13-6-8-15(9-7-13)12-21-17-18-16(19-20-17)11-10-14-4-2-3-5-14/h6-9,14H,2-5,10-12H2,1H3,(H,18,19,20). The normalized spacial score (nSPS) is 15.7. The predicted octanol–water partition coefficient (Wildman–Crippen LogP) is 4.53. The van der Waals surface area contributed by atoms with Gasteiger partial charge in [0.25, 0.3) is 0 Å². The van der Waals surface area contributed by atoms with Gasteiger partial charge in [-0.15, -0.1) is 5.10 Å². The van der Waals surface area contributed by atoms with Gasteiger partial charge in [0.15, 0.2) is 0 Å². The van der Waals surface area contributed by atoms with E-state index < -0.39 is 0 Å². The molecule has 0 saturated heterocycles. The van der Waals surface area contributed by atoms with Crippen LogP contribution < -0.4 is 0 Å². The molecule has 0 amide bonds. The Balaban J connectivity index is 1.46. The fourth-order valence-corrected chi connectivity index (χ4v) is 3.70. The number of thioether (sulfide) groups is 1. The monoisotopic (exact) mass is 301 g/mol. The van der Waals surface area contributed by atoms with Gasteiger partial charge in [-0.3, -0.25) is 5.10 Å². The Hall–Kier alpha value is -1.29. The number of aromatic amines is 1. The van der Waals surface area contributed by atoms with Crippen LogP contribution in [0.15, 0.2) is 29.4 Å². The highest BCUT2D eigenvalue weighted by atomic mass is 32.2. The first-order valence-corrected chi connectivity index (χ1v) is 8.88. The van der Waals surface area contributed by atoms with E-state index in [2.05, 4.69) is 46.4 Å². The fourth-order valence-electron chi connectivity index (χ4n) is 2.93. The molecule has 0 unspecified atom stereocenters. The number of nitrogens with zero attached hydrogens (tertiary/aromatic N) is 2. The second kappa shape index (κ2) is 7.12. The molecular formula is C17H23N3S.